The van der Waals surface area contributed by atoms with E-state index in [1.807, 2.05) is 79.0 Å². The number of amides is 2. The Balaban J connectivity index is 0.000000178. The number of thiophene rings is 2. The maximum absolute atomic E-state index is 13.0. The Morgan fingerprint density at radius 1 is 0.603 bits per heavy atom. The summed E-state index contributed by atoms with van der Waals surface area (Å²) in [5.41, 5.74) is 5.98. The van der Waals surface area contributed by atoms with Crippen molar-refractivity contribution in [3.05, 3.63) is 176 Å². The fourth-order valence-electron chi connectivity index (χ4n) is 7.11. The van der Waals surface area contributed by atoms with Crippen LogP contribution in [0.25, 0.3) is 0 Å². The number of ether oxygens (including phenoxy) is 1. The lowest BCUT2D eigenvalue weighted by atomic mass is 9.93. The van der Waals surface area contributed by atoms with Gasteiger partial charge in [0.15, 0.2) is 0 Å². The number of carbonyl (C=O) groups excluding carboxylic acids is 5. The van der Waals surface area contributed by atoms with Crippen LogP contribution in [0.15, 0.2) is 133 Å². The fraction of sp³-hybridized carbons (Fsp3) is 0.250. The van der Waals surface area contributed by atoms with E-state index in [1.54, 1.807) is 53.6 Å². The van der Waals surface area contributed by atoms with Crippen LogP contribution in [0.3, 0.4) is 0 Å². The third-order valence-corrected chi connectivity index (χ3v) is 12.1. The third kappa shape index (κ3) is 12.5. The summed E-state index contributed by atoms with van der Waals surface area (Å²) in [6.07, 6.45) is 10.8. The number of pyridine rings is 2. The summed E-state index contributed by atoms with van der Waals surface area (Å²) in [6, 6.07) is 27.6. The van der Waals surface area contributed by atoms with Crippen LogP contribution in [0.1, 0.15) is 65.6 Å². The van der Waals surface area contributed by atoms with Gasteiger partial charge in [-0.15, -0.1) is 22.7 Å². The van der Waals surface area contributed by atoms with Crippen LogP contribution in [0.2, 0.25) is 0 Å². The number of hydrogen-bond acceptors (Lipinski definition) is 12. The highest BCUT2D eigenvalue weighted by atomic mass is 32.1. The Morgan fingerprint density at radius 3 is 1.52 bits per heavy atom. The highest BCUT2D eigenvalue weighted by Crippen LogP contribution is 2.27. The molecule has 63 heavy (non-hydrogen) atoms. The Bertz CT molecular complexity index is 2460. The highest BCUT2D eigenvalue weighted by molar-refractivity contribution is 7.13. The van der Waals surface area contributed by atoms with E-state index in [4.69, 9.17) is 9.84 Å². The van der Waals surface area contributed by atoms with Crippen LogP contribution in [0.4, 0.5) is 0 Å². The van der Waals surface area contributed by atoms with E-state index in [0.29, 0.717) is 22.6 Å². The second-order valence-corrected chi connectivity index (χ2v) is 16.5. The lowest BCUT2D eigenvalue weighted by Crippen LogP contribution is -2.51. The van der Waals surface area contributed by atoms with E-state index in [1.165, 1.54) is 33.1 Å². The lowest BCUT2D eigenvalue weighted by Gasteiger charge is -2.34. The van der Waals surface area contributed by atoms with Crippen LogP contribution in [0.5, 0.6) is 0 Å². The molecule has 0 aliphatic carbocycles. The number of benzene rings is 2. The number of carboxylic acid groups (broad SMARTS) is 1. The molecule has 2 aromatic carbocycles. The van der Waals surface area contributed by atoms with Crippen molar-refractivity contribution in [2.75, 3.05) is 13.2 Å². The number of carboxylic acids is 1. The summed E-state index contributed by atoms with van der Waals surface area (Å²) in [4.78, 5) is 86.0. The van der Waals surface area contributed by atoms with E-state index in [0.717, 1.165) is 52.0 Å². The number of aromatic nitrogens is 2. The monoisotopic (exact) mass is 886 g/mol. The predicted octanol–water partition coefficient (Wildman–Crippen LogP) is 6.43. The molecule has 0 radical (unpaired) electrons. The van der Waals surface area contributed by atoms with Crippen LogP contribution in [-0.2, 0) is 62.7 Å². The second-order valence-electron chi connectivity index (χ2n) is 14.6. The quantitative estimate of drug-likeness (QED) is 0.0564. The maximum atomic E-state index is 13.0. The number of nitrogens with zero attached hydrogens (tertiary/aromatic N) is 4. The van der Waals surface area contributed by atoms with Crippen molar-refractivity contribution in [3.63, 3.8) is 0 Å². The number of aliphatic hydroxyl groups is 1. The molecule has 0 spiro atoms. The van der Waals surface area contributed by atoms with Gasteiger partial charge < -0.3 is 24.7 Å². The molecule has 2 aliphatic heterocycles. The molecule has 13 nitrogen and oxygen atoms in total. The van der Waals surface area contributed by atoms with E-state index in [9.17, 15) is 33.9 Å². The number of hydrogen-bond donors (Lipinski definition) is 2. The molecule has 2 amide bonds. The van der Waals surface area contributed by atoms with Gasteiger partial charge in [-0.3, -0.25) is 29.1 Å². The first-order chi connectivity index (χ1) is 30.6. The van der Waals surface area contributed by atoms with Crippen LogP contribution < -0.4 is 0 Å². The molecule has 2 atom stereocenters. The molecule has 8 rings (SSSR count). The van der Waals surface area contributed by atoms with Crippen molar-refractivity contribution in [1.82, 2.24) is 19.8 Å². The second kappa shape index (κ2) is 23.0. The van der Waals surface area contributed by atoms with Gasteiger partial charge in [-0.05, 0) is 94.1 Å². The number of fused-ring (bicyclic) bond motifs is 2. The summed E-state index contributed by atoms with van der Waals surface area (Å²) >= 11 is 2.39. The Hall–Kier alpha value is -6.68. The Kier molecular flexibility index (Phi) is 16.7. The van der Waals surface area contributed by atoms with Crippen molar-refractivity contribution < 1.29 is 43.7 Å². The summed E-state index contributed by atoms with van der Waals surface area (Å²) in [5.74, 6) is -4.25. The first-order valence-corrected chi connectivity index (χ1v) is 22.1. The number of aryl methyl sites for hydroxylation is 2. The summed E-state index contributed by atoms with van der Waals surface area (Å²) in [6.45, 7) is 0.854. The number of aliphatic hydroxyl groups excluding tert-OH is 1. The van der Waals surface area contributed by atoms with Crippen LogP contribution in [0, 0.1) is 0 Å². The molecule has 4 aromatic heterocycles. The molecule has 15 heteroatoms. The van der Waals surface area contributed by atoms with E-state index >= 15 is 0 Å². The van der Waals surface area contributed by atoms with Gasteiger partial charge in [-0.25, -0.2) is 9.59 Å². The summed E-state index contributed by atoms with van der Waals surface area (Å²) < 4.78 is 5.51. The number of rotatable bonds is 13. The molecule has 6 aromatic rings. The topological polar surface area (TPSA) is 184 Å². The molecule has 324 valence electrons. The SMILES string of the molecule is O=C(C(=O)N1Cc2ccccc2CC1C(=O)O)c1cccs1.O=C(C(=O)N1Cc2ccccc2CC1C(=O)OCCCc1cccnc1)c1cccs1.OCCCc1cccnc1. The zero-order valence-corrected chi connectivity index (χ0v) is 35.9. The zero-order valence-electron chi connectivity index (χ0n) is 34.3. The molecule has 0 saturated carbocycles. The van der Waals surface area contributed by atoms with Crippen molar-refractivity contribution in [1.29, 1.82) is 0 Å². The molecule has 2 unspecified atom stereocenters. The molecule has 2 aliphatic rings. The molecule has 6 heterocycles. The van der Waals surface area contributed by atoms with Gasteiger partial charge in [0.05, 0.1) is 16.4 Å². The lowest BCUT2D eigenvalue weighted by molar-refractivity contribution is -0.155. The number of carbonyl (C=O) groups is 6. The standard InChI is InChI=1S/C24H22N2O4S.C16H13NO4S.C8H11NO/c27-22(21-10-5-13-31-21)23(28)26-16-19-9-2-1-8-18(19)14-20(26)24(29)30-12-4-7-17-6-3-11-25-15-17;18-14(13-6-3-7-22-13)15(19)17-9-11-5-2-1-4-10(11)8-12(17)16(20)21;10-6-2-4-8-3-1-5-9-7-8/h1-3,5-6,8-11,13,15,20H,4,7,12,14,16H2;1-7,12H,8-9H2,(H,20,21);1,3,5,7,10H,2,4,6H2. The first kappa shape index (κ1) is 45.8. The average molecular weight is 887 g/mol. The van der Waals surface area contributed by atoms with Crippen molar-refractivity contribution >= 4 is 58.0 Å². The first-order valence-electron chi connectivity index (χ1n) is 20.3. The minimum Gasteiger partial charge on any atom is -0.480 e. The normalized spacial score (nSPS) is 14.9. The Morgan fingerprint density at radius 2 is 1.08 bits per heavy atom. The minimum atomic E-state index is -1.10. The molecule has 0 saturated heterocycles. The van der Waals surface area contributed by atoms with E-state index in [-0.39, 0.29) is 32.7 Å². The summed E-state index contributed by atoms with van der Waals surface area (Å²) in [7, 11) is 0. The summed E-state index contributed by atoms with van der Waals surface area (Å²) in [5, 5.41) is 21.4. The number of ketones is 2. The number of aliphatic carboxylic acids is 1. The van der Waals surface area contributed by atoms with Gasteiger partial charge in [0, 0.05) is 57.3 Å². The maximum Gasteiger partial charge on any atom is 0.329 e. The van der Waals surface area contributed by atoms with Crippen LogP contribution >= 0.6 is 22.7 Å². The third-order valence-electron chi connectivity index (χ3n) is 10.4. The van der Waals surface area contributed by atoms with E-state index in [2.05, 4.69) is 9.97 Å². The predicted molar refractivity (Wildman–Crippen MR) is 237 cm³/mol. The van der Waals surface area contributed by atoms with Gasteiger partial charge in [-0.2, -0.15) is 0 Å². The average Bonchev–Trinajstić information content (AvgIpc) is 4.08. The molecular formula is C48H46N4O9S2. The fourth-order valence-corrected chi connectivity index (χ4v) is 8.42. The Labute approximate surface area is 372 Å². The van der Waals surface area contributed by atoms with Gasteiger partial charge in [-0.1, -0.05) is 72.8 Å². The molecule has 0 fully saturated rings. The van der Waals surface area contributed by atoms with Crippen molar-refractivity contribution in [2.45, 2.75) is 63.7 Å². The smallest absolute Gasteiger partial charge is 0.329 e. The molecule has 0 bridgehead atoms. The molecular weight excluding hydrogens is 841 g/mol. The highest BCUT2D eigenvalue weighted by Gasteiger charge is 2.39. The van der Waals surface area contributed by atoms with Gasteiger partial charge in [0.1, 0.15) is 12.1 Å². The van der Waals surface area contributed by atoms with Gasteiger partial charge in [0.2, 0.25) is 0 Å². The van der Waals surface area contributed by atoms with Gasteiger partial charge in [0.25, 0.3) is 23.4 Å². The number of Topliss-reactive ketones (excluding diaryl/α,β-unsaturated/α-hetero) is 2. The van der Waals surface area contributed by atoms with Gasteiger partial charge >= 0.3 is 11.9 Å². The zero-order chi connectivity index (χ0) is 44.6. The van der Waals surface area contributed by atoms with Crippen LogP contribution in [-0.4, -0.2) is 90.6 Å². The van der Waals surface area contributed by atoms with E-state index < -0.39 is 47.4 Å². The largest absolute Gasteiger partial charge is 0.480 e. The van der Waals surface area contributed by atoms with Crippen molar-refractivity contribution in [2.24, 2.45) is 0 Å². The van der Waals surface area contributed by atoms with Crippen molar-refractivity contribution in [3.8, 4) is 0 Å². The minimum absolute atomic E-state index is 0.142. The number of esters is 1. The molecule has 2 N–H and O–H groups in total.